The van der Waals surface area contributed by atoms with Gasteiger partial charge in [-0.15, -0.1) is 0 Å². The molecule has 1 aliphatic carbocycles. The SMILES string of the molecule is Clc1cc(Cl)c(-c2ccc(CNC3CC3)cc2)c(Cl)c1Cl. The van der Waals surface area contributed by atoms with E-state index in [2.05, 4.69) is 17.4 Å². The van der Waals surface area contributed by atoms with E-state index in [4.69, 9.17) is 46.4 Å². The smallest absolute Gasteiger partial charge is 0.0785 e. The molecule has 5 heteroatoms. The molecular formula is C16H13Cl4N. The van der Waals surface area contributed by atoms with Crippen molar-refractivity contribution in [1.82, 2.24) is 5.32 Å². The largest absolute Gasteiger partial charge is 0.310 e. The van der Waals surface area contributed by atoms with Crippen molar-refractivity contribution in [3.8, 4) is 11.1 Å². The highest BCUT2D eigenvalue weighted by molar-refractivity contribution is 6.51. The summed E-state index contributed by atoms with van der Waals surface area (Å²) in [7, 11) is 0. The molecule has 1 N–H and O–H groups in total. The summed E-state index contributed by atoms with van der Waals surface area (Å²) in [5.74, 6) is 0. The Morgan fingerprint density at radius 3 is 2.19 bits per heavy atom. The van der Waals surface area contributed by atoms with Crippen LogP contribution in [0.1, 0.15) is 18.4 Å². The summed E-state index contributed by atoms with van der Waals surface area (Å²) in [6, 6.07) is 10.5. The molecule has 2 aromatic rings. The molecule has 1 aliphatic rings. The van der Waals surface area contributed by atoms with E-state index < -0.39 is 0 Å². The van der Waals surface area contributed by atoms with Gasteiger partial charge in [0.2, 0.25) is 0 Å². The third-order valence-electron chi connectivity index (χ3n) is 3.53. The molecule has 110 valence electrons. The predicted molar refractivity (Wildman–Crippen MR) is 91.8 cm³/mol. The summed E-state index contributed by atoms with van der Waals surface area (Å²) >= 11 is 24.6. The van der Waals surface area contributed by atoms with Gasteiger partial charge in [0, 0.05) is 18.2 Å². The Bertz CT molecular complexity index is 663. The lowest BCUT2D eigenvalue weighted by Crippen LogP contribution is -2.14. The lowest BCUT2D eigenvalue weighted by Gasteiger charge is -2.11. The van der Waals surface area contributed by atoms with E-state index in [1.54, 1.807) is 6.07 Å². The minimum absolute atomic E-state index is 0.331. The molecule has 0 heterocycles. The monoisotopic (exact) mass is 359 g/mol. The third kappa shape index (κ3) is 3.49. The Labute approximate surface area is 144 Å². The Morgan fingerprint density at radius 2 is 1.57 bits per heavy atom. The quantitative estimate of drug-likeness (QED) is 0.504. The van der Waals surface area contributed by atoms with Crippen LogP contribution in [0, 0.1) is 0 Å². The summed E-state index contributed by atoms with van der Waals surface area (Å²) in [6.45, 7) is 0.883. The summed E-state index contributed by atoms with van der Waals surface area (Å²) < 4.78 is 0. The van der Waals surface area contributed by atoms with Crippen LogP contribution >= 0.6 is 46.4 Å². The fraction of sp³-hybridized carbons (Fsp3) is 0.250. The molecule has 0 aliphatic heterocycles. The van der Waals surface area contributed by atoms with Gasteiger partial charge >= 0.3 is 0 Å². The zero-order valence-corrected chi connectivity index (χ0v) is 14.1. The van der Waals surface area contributed by atoms with Crippen LogP contribution in [0.25, 0.3) is 11.1 Å². The maximum atomic E-state index is 6.28. The molecule has 3 rings (SSSR count). The molecule has 1 nitrogen and oxygen atoms in total. The first-order valence-corrected chi connectivity index (χ1v) is 8.23. The van der Waals surface area contributed by atoms with Gasteiger partial charge in [-0.1, -0.05) is 70.7 Å². The van der Waals surface area contributed by atoms with E-state index in [0.29, 0.717) is 26.1 Å². The summed E-state index contributed by atoms with van der Waals surface area (Å²) in [5.41, 5.74) is 2.88. The van der Waals surface area contributed by atoms with Crippen LogP contribution in [-0.2, 0) is 6.54 Å². The molecule has 2 aromatic carbocycles. The number of benzene rings is 2. The maximum Gasteiger partial charge on any atom is 0.0785 e. The van der Waals surface area contributed by atoms with Crippen molar-refractivity contribution < 1.29 is 0 Å². The van der Waals surface area contributed by atoms with Gasteiger partial charge in [-0.2, -0.15) is 0 Å². The van der Waals surface area contributed by atoms with Crippen LogP contribution in [0.2, 0.25) is 20.1 Å². The van der Waals surface area contributed by atoms with Crippen molar-refractivity contribution in [2.75, 3.05) is 0 Å². The average Bonchev–Trinajstić information content (AvgIpc) is 3.28. The average molecular weight is 361 g/mol. The maximum absolute atomic E-state index is 6.28. The fourth-order valence-electron chi connectivity index (χ4n) is 2.17. The van der Waals surface area contributed by atoms with Crippen LogP contribution in [0.15, 0.2) is 30.3 Å². The summed E-state index contributed by atoms with van der Waals surface area (Å²) in [6.07, 6.45) is 2.57. The van der Waals surface area contributed by atoms with Crippen molar-refractivity contribution in [3.05, 3.63) is 56.0 Å². The molecule has 0 aromatic heterocycles. The van der Waals surface area contributed by atoms with Gasteiger partial charge in [-0.3, -0.25) is 0 Å². The lowest BCUT2D eigenvalue weighted by molar-refractivity contribution is 0.688. The van der Waals surface area contributed by atoms with Gasteiger partial charge in [0.25, 0.3) is 0 Å². The van der Waals surface area contributed by atoms with E-state index in [0.717, 1.165) is 17.7 Å². The third-order valence-corrected chi connectivity index (χ3v) is 5.09. The number of nitrogens with one attached hydrogen (secondary N) is 1. The number of hydrogen-bond donors (Lipinski definition) is 1. The molecule has 0 spiro atoms. The molecular weight excluding hydrogens is 348 g/mol. The highest BCUT2D eigenvalue weighted by Crippen LogP contribution is 2.42. The van der Waals surface area contributed by atoms with Gasteiger partial charge in [0.05, 0.1) is 20.1 Å². The summed E-state index contributed by atoms with van der Waals surface area (Å²) in [4.78, 5) is 0. The van der Waals surface area contributed by atoms with Crippen LogP contribution in [0.4, 0.5) is 0 Å². The van der Waals surface area contributed by atoms with Gasteiger partial charge in [-0.05, 0) is 30.0 Å². The van der Waals surface area contributed by atoms with Crippen LogP contribution in [0.5, 0.6) is 0 Å². The predicted octanol–water partition coefficient (Wildman–Crippen LogP) is 6.22. The van der Waals surface area contributed by atoms with Gasteiger partial charge in [-0.25, -0.2) is 0 Å². The van der Waals surface area contributed by atoms with Crippen molar-refractivity contribution in [2.45, 2.75) is 25.4 Å². The highest BCUT2D eigenvalue weighted by atomic mass is 35.5. The topological polar surface area (TPSA) is 12.0 Å². The number of hydrogen-bond acceptors (Lipinski definition) is 1. The lowest BCUT2D eigenvalue weighted by atomic mass is 10.0. The standard InChI is InChI=1S/C16H13Cl4N/c17-12-7-13(18)15(19)16(20)14(12)10-3-1-9(2-4-10)8-21-11-5-6-11/h1-4,7,11,21H,5-6,8H2. The van der Waals surface area contributed by atoms with Crippen LogP contribution in [0.3, 0.4) is 0 Å². The molecule has 21 heavy (non-hydrogen) atoms. The Balaban J connectivity index is 1.88. The Kier molecular flexibility index (Phi) is 4.68. The first-order chi connectivity index (χ1) is 10.1. The molecule has 0 atom stereocenters. The summed E-state index contributed by atoms with van der Waals surface area (Å²) in [5, 5.41) is 5.06. The second-order valence-corrected chi connectivity index (χ2v) is 6.77. The van der Waals surface area contributed by atoms with Crippen molar-refractivity contribution in [3.63, 3.8) is 0 Å². The minimum atomic E-state index is 0.331. The van der Waals surface area contributed by atoms with Gasteiger partial charge < -0.3 is 5.32 Å². The van der Waals surface area contributed by atoms with Crippen molar-refractivity contribution in [2.24, 2.45) is 0 Å². The van der Waals surface area contributed by atoms with Crippen LogP contribution in [-0.4, -0.2) is 6.04 Å². The number of rotatable bonds is 4. The van der Waals surface area contributed by atoms with Crippen molar-refractivity contribution >= 4 is 46.4 Å². The zero-order valence-electron chi connectivity index (χ0n) is 11.1. The Morgan fingerprint density at radius 1 is 0.905 bits per heavy atom. The Hall–Kier alpha value is -0.440. The molecule has 0 radical (unpaired) electrons. The first kappa shape index (κ1) is 15.5. The molecule has 0 amide bonds. The fourth-order valence-corrected chi connectivity index (χ4v) is 3.30. The van der Waals surface area contributed by atoms with E-state index in [-0.39, 0.29) is 0 Å². The first-order valence-electron chi connectivity index (χ1n) is 6.72. The molecule has 1 fully saturated rings. The van der Waals surface area contributed by atoms with E-state index in [1.807, 2.05) is 12.1 Å². The minimum Gasteiger partial charge on any atom is -0.310 e. The van der Waals surface area contributed by atoms with E-state index in [9.17, 15) is 0 Å². The number of halogens is 4. The molecule has 1 saturated carbocycles. The molecule has 0 saturated heterocycles. The normalized spacial score (nSPS) is 14.5. The molecule has 0 bridgehead atoms. The second kappa shape index (κ2) is 6.36. The highest BCUT2D eigenvalue weighted by Gasteiger charge is 2.20. The zero-order chi connectivity index (χ0) is 15.0. The van der Waals surface area contributed by atoms with Crippen molar-refractivity contribution in [1.29, 1.82) is 0 Å². The van der Waals surface area contributed by atoms with Gasteiger partial charge in [0.1, 0.15) is 0 Å². The van der Waals surface area contributed by atoms with Gasteiger partial charge in [0.15, 0.2) is 0 Å². The molecule has 0 unspecified atom stereocenters. The van der Waals surface area contributed by atoms with E-state index >= 15 is 0 Å². The van der Waals surface area contributed by atoms with E-state index in [1.165, 1.54) is 18.4 Å². The second-order valence-electron chi connectivity index (χ2n) is 5.20. The van der Waals surface area contributed by atoms with Crippen LogP contribution < -0.4 is 5.32 Å².